The summed E-state index contributed by atoms with van der Waals surface area (Å²) in [6, 6.07) is 19.5. The van der Waals surface area contributed by atoms with Gasteiger partial charge in [-0.1, -0.05) is 35.9 Å². The van der Waals surface area contributed by atoms with Crippen LogP contribution < -0.4 is 4.74 Å². The SMILES string of the molecule is CN1C(=O)[C@@H]2[C@@H](CC(COc3ccccc3)=C([C@H](O)CC/C(=C/c3ccc(O)cc3Cl)c3ccccn3)[C@@H]2CO)C1=O. The molecule has 0 unspecified atom stereocenters. The minimum absolute atomic E-state index is 0.0559. The van der Waals surface area contributed by atoms with Gasteiger partial charge in [0.15, 0.2) is 0 Å². The molecule has 1 saturated heterocycles. The number of hydrogen-bond acceptors (Lipinski definition) is 7. The molecule has 8 nitrogen and oxygen atoms in total. The van der Waals surface area contributed by atoms with Crippen molar-refractivity contribution in [2.75, 3.05) is 20.3 Å². The Labute approximate surface area is 249 Å². The fourth-order valence-electron chi connectivity index (χ4n) is 6.03. The molecular weight excluding hydrogens is 556 g/mol. The number of fused-ring (bicyclic) bond motifs is 1. The van der Waals surface area contributed by atoms with E-state index in [-0.39, 0.29) is 43.6 Å². The third-order valence-electron chi connectivity index (χ3n) is 8.11. The largest absolute Gasteiger partial charge is 0.508 e. The summed E-state index contributed by atoms with van der Waals surface area (Å²) in [5, 5.41) is 32.4. The number of carbonyl (C=O) groups is 2. The first-order valence-electron chi connectivity index (χ1n) is 13.9. The van der Waals surface area contributed by atoms with Gasteiger partial charge in [0, 0.05) is 19.2 Å². The van der Waals surface area contributed by atoms with Crippen LogP contribution in [0.2, 0.25) is 5.02 Å². The number of carbonyl (C=O) groups excluding carboxylic acids is 2. The Morgan fingerprint density at radius 3 is 2.57 bits per heavy atom. The van der Waals surface area contributed by atoms with E-state index in [1.807, 2.05) is 54.6 Å². The third-order valence-corrected chi connectivity index (χ3v) is 8.44. The molecule has 0 saturated carbocycles. The van der Waals surface area contributed by atoms with Crippen LogP contribution >= 0.6 is 11.6 Å². The summed E-state index contributed by atoms with van der Waals surface area (Å²) in [7, 11) is 1.46. The Kier molecular flexibility index (Phi) is 9.06. The molecule has 42 heavy (non-hydrogen) atoms. The number of likely N-dealkylation sites (tertiary alicyclic amines) is 1. The molecule has 0 spiro atoms. The molecule has 0 radical (unpaired) electrons. The van der Waals surface area contributed by atoms with E-state index in [1.54, 1.807) is 18.3 Å². The first-order valence-corrected chi connectivity index (χ1v) is 14.3. The number of rotatable bonds is 10. The highest BCUT2D eigenvalue weighted by atomic mass is 35.5. The van der Waals surface area contributed by atoms with Crippen molar-refractivity contribution in [2.24, 2.45) is 17.8 Å². The number of aromatic hydroxyl groups is 1. The quantitative estimate of drug-likeness (QED) is 0.231. The highest BCUT2D eigenvalue weighted by Gasteiger charge is 2.53. The first-order chi connectivity index (χ1) is 20.3. The first kappa shape index (κ1) is 29.5. The lowest BCUT2D eigenvalue weighted by Gasteiger charge is -2.36. The van der Waals surface area contributed by atoms with Crippen molar-refractivity contribution in [2.45, 2.75) is 25.4 Å². The van der Waals surface area contributed by atoms with Gasteiger partial charge < -0.3 is 20.1 Å². The summed E-state index contributed by atoms with van der Waals surface area (Å²) in [6.07, 6.45) is 3.45. The van der Waals surface area contributed by atoms with E-state index in [0.717, 1.165) is 10.5 Å². The molecule has 9 heteroatoms. The summed E-state index contributed by atoms with van der Waals surface area (Å²) in [6.45, 7) is -0.269. The fourth-order valence-corrected chi connectivity index (χ4v) is 6.26. The van der Waals surface area contributed by atoms with Gasteiger partial charge in [0.25, 0.3) is 0 Å². The number of benzene rings is 2. The molecule has 2 heterocycles. The van der Waals surface area contributed by atoms with Crippen molar-refractivity contribution in [1.29, 1.82) is 0 Å². The maximum atomic E-state index is 13.1. The van der Waals surface area contributed by atoms with Crippen LogP contribution in [0.15, 0.2) is 84.1 Å². The number of phenols is 1. The number of aromatic nitrogens is 1. The standard InChI is InChI=1S/C33H33ClN2O6/c1-36-32(40)25-16-22(19-42-24-7-3-2-4-8-24)30(26(18-37)31(25)33(36)41)29(39)13-11-21(28-9-5-6-14-35-28)15-20-10-12-23(38)17-27(20)34/h2-10,12,14-15,17,25-26,29,31,37-39H,11,13,16,18-19H2,1H3/b21-15-/t25-,26+,29-,31-/m1/s1. The van der Waals surface area contributed by atoms with E-state index in [4.69, 9.17) is 16.3 Å². The summed E-state index contributed by atoms with van der Waals surface area (Å²) in [5.74, 6) is -1.99. The molecule has 1 aromatic heterocycles. The number of amides is 2. The predicted molar refractivity (Wildman–Crippen MR) is 159 cm³/mol. The normalized spacial score (nSPS) is 21.5. The number of halogens is 1. The number of phenolic OH excluding ortho intramolecular Hbond substituents is 1. The van der Waals surface area contributed by atoms with Crippen molar-refractivity contribution in [1.82, 2.24) is 9.88 Å². The van der Waals surface area contributed by atoms with Gasteiger partial charge in [-0.25, -0.2) is 0 Å². The Hall–Kier alpha value is -3.98. The second-order valence-electron chi connectivity index (χ2n) is 10.7. The van der Waals surface area contributed by atoms with Crippen molar-refractivity contribution < 1.29 is 29.6 Å². The van der Waals surface area contributed by atoms with Gasteiger partial charge in [-0.15, -0.1) is 0 Å². The molecule has 1 fully saturated rings. The van der Waals surface area contributed by atoms with Gasteiger partial charge in [-0.05, 0) is 90.1 Å². The van der Waals surface area contributed by atoms with Crippen LogP contribution in [-0.2, 0) is 9.59 Å². The lowest BCUT2D eigenvalue weighted by molar-refractivity contribution is -0.138. The average molecular weight is 589 g/mol. The Balaban J connectivity index is 1.47. The van der Waals surface area contributed by atoms with Crippen LogP contribution in [0.25, 0.3) is 11.6 Å². The van der Waals surface area contributed by atoms with E-state index < -0.39 is 23.9 Å². The number of allylic oxidation sites excluding steroid dienone is 1. The number of hydrogen-bond donors (Lipinski definition) is 3. The number of aliphatic hydroxyl groups excluding tert-OH is 2. The monoisotopic (exact) mass is 588 g/mol. The fraction of sp³-hybridized carbons (Fsp3) is 0.303. The lowest BCUT2D eigenvalue weighted by Crippen LogP contribution is -2.39. The highest BCUT2D eigenvalue weighted by Crippen LogP contribution is 2.46. The van der Waals surface area contributed by atoms with E-state index in [2.05, 4.69) is 4.98 Å². The molecule has 3 N–H and O–H groups in total. The summed E-state index contributed by atoms with van der Waals surface area (Å²) < 4.78 is 6.04. The van der Waals surface area contributed by atoms with Gasteiger partial charge >= 0.3 is 0 Å². The van der Waals surface area contributed by atoms with Gasteiger partial charge in [-0.3, -0.25) is 19.5 Å². The van der Waals surface area contributed by atoms with E-state index in [1.165, 1.54) is 13.1 Å². The van der Waals surface area contributed by atoms with Crippen molar-refractivity contribution in [3.05, 3.63) is 100 Å². The third kappa shape index (κ3) is 6.11. The molecule has 1 aliphatic heterocycles. The van der Waals surface area contributed by atoms with Crippen molar-refractivity contribution in [3.8, 4) is 11.5 Å². The van der Waals surface area contributed by atoms with Crippen LogP contribution in [0.5, 0.6) is 11.5 Å². The second-order valence-corrected chi connectivity index (χ2v) is 11.1. The minimum Gasteiger partial charge on any atom is -0.508 e. The van der Waals surface area contributed by atoms with Crippen LogP contribution in [0.3, 0.4) is 0 Å². The highest BCUT2D eigenvalue weighted by molar-refractivity contribution is 6.32. The molecule has 5 rings (SSSR count). The van der Waals surface area contributed by atoms with E-state index in [9.17, 15) is 24.9 Å². The zero-order valence-electron chi connectivity index (χ0n) is 23.2. The molecule has 2 aromatic carbocycles. The second kappa shape index (κ2) is 12.9. The molecule has 3 aromatic rings. The topological polar surface area (TPSA) is 120 Å². The minimum atomic E-state index is -1.02. The van der Waals surface area contributed by atoms with Crippen LogP contribution in [-0.4, -0.2) is 63.4 Å². The molecular formula is C33H33ClN2O6. The van der Waals surface area contributed by atoms with E-state index in [0.29, 0.717) is 39.6 Å². The molecule has 2 amide bonds. The summed E-state index contributed by atoms with van der Waals surface area (Å²) >= 11 is 6.39. The number of aliphatic hydroxyl groups is 2. The Bertz CT molecular complexity index is 1510. The number of para-hydroxylation sites is 1. The van der Waals surface area contributed by atoms with E-state index >= 15 is 0 Å². The van der Waals surface area contributed by atoms with Gasteiger partial charge in [0.2, 0.25) is 11.8 Å². The number of imide groups is 1. The van der Waals surface area contributed by atoms with Gasteiger partial charge in [-0.2, -0.15) is 0 Å². The summed E-state index contributed by atoms with van der Waals surface area (Å²) in [5.41, 5.74) is 3.47. The Morgan fingerprint density at radius 1 is 1.12 bits per heavy atom. The summed E-state index contributed by atoms with van der Waals surface area (Å²) in [4.78, 5) is 31.7. The lowest BCUT2D eigenvalue weighted by atomic mass is 9.68. The zero-order valence-corrected chi connectivity index (χ0v) is 23.9. The molecule has 0 bridgehead atoms. The molecule has 4 atom stereocenters. The maximum Gasteiger partial charge on any atom is 0.233 e. The zero-order chi connectivity index (χ0) is 29.8. The van der Waals surface area contributed by atoms with Crippen molar-refractivity contribution in [3.63, 3.8) is 0 Å². The predicted octanol–water partition coefficient (Wildman–Crippen LogP) is 4.74. The van der Waals surface area contributed by atoms with Gasteiger partial charge in [0.05, 0.1) is 35.3 Å². The average Bonchev–Trinajstić information content (AvgIpc) is 3.22. The molecule has 218 valence electrons. The molecule has 2 aliphatic rings. The van der Waals surface area contributed by atoms with Crippen LogP contribution in [0, 0.1) is 17.8 Å². The smallest absolute Gasteiger partial charge is 0.233 e. The number of nitrogens with zero attached hydrogens (tertiary/aromatic N) is 2. The molecule has 1 aliphatic carbocycles. The van der Waals surface area contributed by atoms with Gasteiger partial charge in [0.1, 0.15) is 18.1 Å². The van der Waals surface area contributed by atoms with Crippen LogP contribution in [0.1, 0.15) is 30.5 Å². The van der Waals surface area contributed by atoms with Crippen molar-refractivity contribution >= 4 is 35.1 Å². The Morgan fingerprint density at radius 2 is 1.88 bits per heavy atom. The number of ether oxygens (including phenoxy) is 1. The number of pyridine rings is 1. The van der Waals surface area contributed by atoms with Crippen LogP contribution in [0.4, 0.5) is 0 Å². The maximum absolute atomic E-state index is 13.1.